The molecule has 0 aromatic heterocycles. The van der Waals surface area contributed by atoms with Gasteiger partial charge in [0.25, 0.3) is 0 Å². The smallest absolute Gasteiger partial charge is 0.334 e. The third-order valence-electron chi connectivity index (χ3n) is 4.97. The molecule has 2 fully saturated rings. The lowest BCUT2D eigenvalue weighted by Gasteiger charge is -2.49. The Bertz CT molecular complexity index is 643. The Hall–Kier alpha value is -2.17. The highest BCUT2D eigenvalue weighted by Gasteiger charge is 2.60. The largest absolute Gasteiger partial charge is 0.462 e. The van der Waals surface area contributed by atoms with Crippen LogP contribution in [-0.4, -0.2) is 29.9 Å². The molecule has 2 aliphatic carbocycles. The van der Waals surface area contributed by atoms with Gasteiger partial charge in [-0.05, 0) is 23.5 Å². The zero-order chi connectivity index (χ0) is 16.2. The van der Waals surface area contributed by atoms with E-state index in [2.05, 4.69) is 13.2 Å². The Morgan fingerprint density at radius 2 is 2.05 bits per heavy atom. The monoisotopic (exact) mass is 302 g/mol. The van der Waals surface area contributed by atoms with Gasteiger partial charge in [0.15, 0.2) is 5.78 Å². The molecule has 116 valence electrons. The van der Waals surface area contributed by atoms with Crippen LogP contribution >= 0.6 is 0 Å². The van der Waals surface area contributed by atoms with Crippen molar-refractivity contribution in [2.24, 2.45) is 17.3 Å². The van der Waals surface area contributed by atoms with Crippen molar-refractivity contribution in [1.29, 1.82) is 0 Å². The number of allylic oxidation sites excluding steroid dienone is 2. The van der Waals surface area contributed by atoms with E-state index in [1.54, 1.807) is 0 Å². The van der Waals surface area contributed by atoms with Crippen molar-refractivity contribution in [3.63, 3.8) is 0 Å². The van der Waals surface area contributed by atoms with Crippen molar-refractivity contribution < 1.29 is 23.9 Å². The summed E-state index contributed by atoms with van der Waals surface area (Å²) in [6.45, 7) is 11.0. The number of fused-ring (bicyclic) bond motifs is 3. The van der Waals surface area contributed by atoms with Crippen molar-refractivity contribution >= 4 is 17.7 Å². The maximum Gasteiger partial charge on any atom is 0.334 e. The van der Waals surface area contributed by atoms with Gasteiger partial charge < -0.3 is 9.47 Å². The number of ketones is 1. The first-order valence-corrected chi connectivity index (χ1v) is 7.24. The Kier molecular flexibility index (Phi) is 3.13. The van der Waals surface area contributed by atoms with E-state index in [-0.39, 0.29) is 11.7 Å². The lowest BCUT2D eigenvalue weighted by atomic mass is 9.56. The van der Waals surface area contributed by atoms with E-state index in [9.17, 15) is 14.4 Å². The Labute approximate surface area is 128 Å². The normalized spacial score (nSPS) is 40.1. The number of rotatable bonds is 1. The summed E-state index contributed by atoms with van der Waals surface area (Å²) in [4.78, 5) is 35.3. The third-order valence-corrected chi connectivity index (χ3v) is 4.97. The van der Waals surface area contributed by atoms with Crippen LogP contribution in [0.5, 0.6) is 0 Å². The molecule has 3 aliphatic rings. The average molecular weight is 302 g/mol. The Morgan fingerprint density at radius 3 is 2.68 bits per heavy atom. The quantitative estimate of drug-likeness (QED) is 0.545. The van der Waals surface area contributed by atoms with Crippen LogP contribution in [0, 0.1) is 17.3 Å². The number of hydrogen-bond donors (Lipinski definition) is 0. The molecule has 0 bridgehead atoms. The van der Waals surface area contributed by atoms with Crippen molar-refractivity contribution in [1.82, 2.24) is 0 Å². The summed E-state index contributed by atoms with van der Waals surface area (Å²) in [5.74, 6) is -1.80. The zero-order valence-electron chi connectivity index (χ0n) is 12.6. The average Bonchev–Trinajstić information content (AvgIpc) is 2.70. The van der Waals surface area contributed by atoms with Gasteiger partial charge in [-0.1, -0.05) is 26.2 Å². The van der Waals surface area contributed by atoms with E-state index in [0.717, 1.165) is 0 Å². The lowest BCUT2D eigenvalue weighted by Crippen LogP contribution is -2.53. The predicted octanol–water partition coefficient (Wildman–Crippen LogP) is 1.74. The minimum Gasteiger partial charge on any atom is -0.462 e. The predicted molar refractivity (Wildman–Crippen MR) is 77.6 cm³/mol. The van der Waals surface area contributed by atoms with E-state index >= 15 is 0 Å². The molecule has 5 nitrogen and oxygen atoms in total. The highest BCUT2D eigenvalue weighted by Crippen LogP contribution is 2.55. The van der Waals surface area contributed by atoms with Crippen LogP contribution < -0.4 is 0 Å². The summed E-state index contributed by atoms with van der Waals surface area (Å²) in [5.41, 5.74) is 0.286. The SMILES string of the molecule is C=C1C(=O)O[C@H]2[C@H]1[C@@H](OC(C)=O)C[C@@]1(C)C=CC(=O)C(=C)[C@H]21. The van der Waals surface area contributed by atoms with Gasteiger partial charge in [0.05, 0.1) is 5.92 Å². The van der Waals surface area contributed by atoms with Gasteiger partial charge in [-0.15, -0.1) is 0 Å². The second-order valence-electron chi connectivity index (χ2n) is 6.48. The van der Waals surface area contributed by atoms with Crippen LogP contribution in [-0.2, 0) is 23.9 Å². The third kappa shape index (κ3) is 1.95. The van der Waals surface area contributed by atoms with Crippen molar-refractivity contribution in [2.45, 2.75) is 32.5 Å². The second kappa shape index (κ2) is 4.66. The molecule has 1 saturated carbocycles. The van der Waals surface area contributed by atoms with E-state index in [4.69, 9.17) is 9.47 Å². The fraction of sp³-hybridized carbons (Fsp3) is 0.471. The summed E-state index contributed by atoms with van der Waals surface area (Å²) < 4.78 is 10.9. The van der Waals surface area contributed by atoms with Gasteiger partial charge in [0.1, 0.15) is 12.2 Å². The van der Waals surface area contributed by atoms with Gasteiger partial charge in [-0.2, -0.15) is 0 Å². The van der Waals surface area contributed by atoms with Crippen LogP contribution in [0.1, 0.15) is 20.3 Å². The molecular formula is C17H18O5. The van der Waals surface area contributed by atoms with Crippen LogP contribution in [0.15, 0.2) is 36.5 Å². The highest BCUT2D eigenvalue weighted by atomic mass is 16.6. The molecule has 0 unspecified atom stereocenters. The summed E-state index contributed by atoms with van der Waals surface area (Å²) in [7, 11) is 0. The molecule has 1 aliphatic heterocycles. The van der Waals surface area contributed by atoms with E-state index in [0.29, 0.717) is 17.6 Å². The molecule has 1 saturated heterocycles. The fourth-order valence-corrected chi connectivity index (χ4v) is 4.00. The maximum atomic E-state index is 12.0. The summed E-state index contributed by atoms with van der Waals surface area (Å²) in [6, 6.07) is 0. The molecule has 5 atom stereocenters. The van der Waals surface area contributed by atoms with Crippen molar-refractivity contribution in [2.75, 3.05) is 0 Å². The Balaban J connectivity index is 2.07. The van der Waals surface area contributed by atoms with Crippen LogP contribution in [0.3, 0.4) is 0 Å². The molecule has 0 aromatic carbocycles. The summed E-state index contributed by atoms with van der Waals surface area (Å²) >= 11 is 0. The van der Waals surface area contributed by atoms with Gasteiger partial charge in [0, 0.05) is 18.4 Å². The van der Waals surface area contributed by atoms with Crippen molar-refractivity contribution in [3.8, 4) is 0 Å². The number of carbonyl (C=O) groups excluding carboxylic acids is 3. The number of carbonyl (C=O) groups is 3. The summed E-state index contributed by atoms with van der Waals surface area (Å²) in [5, 5.41) is 0. The van der Waals surface area contributed by atoms with Gasteiger partial charge in [-0.3, -0.25) is 9.59 Å². The summed E-state index contributed by atoms with van der Waals surface area (Å²) in [6.07, 6.45) is 2.75. The minimum atomic E-state index is -0.565. The number of hydrogen-bond acceptors (Lipinski definition) is 5. The van der Waals surface area contributed by atoms with Crippen LogP contribution in [0.4, 0.5) is 0 Å². The first-order valence-electron chi connectivity index (χ1n) is 7.24. The van der Waals surface area contributed by atoms with E-state index in [1.165, 1.54) is 13.0 Å². The van der Waals surface area contributed by atoms with Crippen molar-refractivity contribution in [3.05, 3.63) is 36.5 Å². The topological polar surface area (TPSA) is 69.7 Å². The Morgan fingerprint density at radius 1 is 1.36 bits per heavy atom. The van der Waals surface area contributed by atoms with E-state index in [1.807, 2.05) is 13.0 Å². The molecule has 3 rings (SSSR count). The maximum absolute atomic E-state index is 12.0. The number of ether oxygens (including phenoxy) is 2. The molecule has 0 N–H and O–H groups in total. The standard InChI is InChI=1S/C17H18O5/c1-8-11(19)5-6-17(4)7-12(21-10(3)18)13-9(2)16(20)22-15(13)14(8)17/h5-6,12-15H,1-2,7H2,3-4H3/t12-,13+,14+,15-,17+/m0/s1. The van der Waals surface area contributed by atoms with Crippen LogP contribution in [0.2, 0.25) is 0 Å². The molecule has 0 aromatic rings. The molecule has 22 heavy (non-hydrogen) atoms. The highest BCUT2D eigenvalue weighted by molar-refractivity contribution is 6.05. The second-order valence-corrected chi connectivity index (χ2v) is 6.48. The number of esters is 2. The molecule has 5 heteroatoms. The molecule has 0 spiro atoms. The van der Waals surface area contributed by atoms with Gasteiger partial charge in [-0.25, -0.2) is 4.79 Å². The first kappa shape index (κ1) is 14.8. The van der Waals surface area contributed by atoms with Gasteiger partial charge >= 0.3 is 11.9 Å². The zero-order valence-corrected chi connectivity index (χ0v) is 12.6. The lowest BCUT2D eigenvalue weighted by molar-refractivity contribution is -0.161. The van der Waals surface area contributed by atoms with E-state index < -0.39 is 35.5 Å². The minimum absolute atomic E-state index is 0.152. The van der Waals surface area contributed by atoms with Gasteiger partial charge in [0.2, 0.25) is 0 Å². The fourth-order valence-electron chi connectivity index (χ4n) is 4.00. The molecule has 1 heterocycles. The first-order chi connectivity index (χ1) is 10.2. The molecular weight excluding hydrogens is 284 g/mol. The van der Waals surface area contributed by atoms with Crippen LogP contribution in [0.25, 0.3) is 0 Å². The molecule has 0 amide bonds. The molecule has 0 radical (unpaired) electrons.